The van der Waals surface area contributed by atoms with E-state index in [0.717, 1.165) is 0 Å². The van der Waals surface area contributed by atoms with Crippen molar-refractivity contribution < 1.29 is 8.78 Å². The summed E-state index contributed by atoms with van der Waals surface area (Å²) in [5.41, 5.74) is 0.473. The van der Waals surface area contributed by atoms with E-state index in [0.29, 0.717) is 11.4 Å². The van der Waals surface area contributed by atoms with Crippen LogP contribution >= 0.6 is 11.6 Å². The van der Waals surface area contributed by atoms with Gasteiger partial charge in [-0.05, 0) is 12.1 Å². The van der Waals surface area contributed by atoms with E-state index >= 15 is 0 Å². The molecule has 1 heterocycles. The SMILES string of the molecule is FC(F)c1cccc(-c2nccc(Cl)n2)c1. The summed E-state index contributed by atoms with van der Waals surface area (Å²) in [4.78, 5) is 7.92. The van der Waals surface area contributed by atoms with Crippen LogP contribution in [-0.4, -0.2) is 9.97 Å². The molecular weight excluding hydrogens is 234 g/mol. The summed E-state index contributed by atoms with van der Waals surface area (Å²) in [6.45, 7) is 0. The molecule has 82 valence electrons. The maximum Gasteiger partial charge on any atom is 0.263 e. The first kappa shape index (κ1) is 11.0. The Bertz CT molecular complexity index is 503. The van der Waals surface area contributed by atoms with Gasteiger partial charge >= 0.3 is 0 Å². The fraction of sp³-hybridized carbons (Fsp3) is 0.0909. The van der Waals surface area contributed by atoms with Crippen LogP contribution in [0, 0.1) is 0 Å². The standard InChI is InChI=1S/C11H7ClF2N2/c12-9-4-5-15-11(16-9)8-3-1-2-7(6-8)10(13)14/h1-6,10H. The third-order valence-electron chi connectivity index (χ3n) is 2.02. The molecule has 1 aromatic heterocycles. The summed E-state index contributed by atoms with van der Waals surface area (Å²) in [5, 5.41) is 0.285. The summed E-state index contributed by atoms with van der Waals surface area (Å²) >= 11 is 5.70. The quantitative estimate of drug-likeness (QED) is 0.748. The Morgan fingerprint density at radius 3 is 2.69 bits per heavy atom. The number of hydrogen-bond donors (Lipinski definition) is 0. The van der Waals surface area contributed by atoms with Crippen LogP contribution < -0.4 is 0 Å². The van der Waals surface area contributed by atoms with E-state index in [2.05, 4.69) is 9.97 Å². The third kappa shape index (κ3) is 2.33. The average molecular weight is 241 g/mol. The van der Waals surface area contributed by atoms with Gasteiger partial charge in [-0.15, -0.1) is 0 Å². The first-order valence-corrected chi connectivity index (χ1v) is 4.91. The van der Waals surface area contributed by atoms with E-state index < -0.39 is 6.43 Å². The molecule has 0 amide bonds. The summed E-state index contributed by atoms with van der Waals surface area (Å²) < 4.78 is 25.0. The van der Waals surface area contributed by atoms with Gasteiger partial charge in [0.05, 0.1) is 0 Å². The molecule has 0 N–H and O–H groups in total. The minimum atomic E-state index is -2.50. The van der Waals surface area contributed by atoms with Crippen molar-refractivity contribution >= 4 is 11.6 Å². The lowest BCUT2D eigenvalue weighted by atomic mass is 10.1. The van der Waals surface area contributed by atoms with Gasteiger partial charge in [0, 0.05) is 17.3 Å². The van der Waals surface area contributed by atoms with Crippen LogP contribution in [-0.2, 0) is 0 Å². The van der Waals surface area contributed by atoms with Crippen molar-refractivity contribution in [2.75, 3.05) is 0 Å². The lowest BCUT2D eigenvalue weighted by molar-refractivity contribution is 0.151. The minimum Gasteiger partial charge on any atom is -0.236 e. The Balaban J connectivity index is 2.44. The second-order valence-corrected chi connectivity index (χ2v) is 3.52. The molecule has 0 spiro atoms. The molecule has 0 atom stereocenters. The molecule has 2 rings (SSSR count). The maximum atomic E-state index is 12.5. The Labute approximate surface area is 95.9 Å². The largest absolute Gasteiger partial charge is 0.263 e. The van der Waals surface area contributed by atoms with Gasteiger partial charge in [-0.3, -0.25) is 0 Å². The van der Waals surface area contributed by atoms with Crippen molar-refractivity contribution in [3.8, 4) is 11.4 Å². The van der Waals surface area contributed by atoms with Gasteiger partial charge in [0.2, 0.25) is 0 Å². The predicted molar refractivity (Wildman–Crippen MR) is 57.4 cm³/mol. The van der Waals surface area contributed by atoms with Crippen molar-refractivity contribution in [1.29, 1.82) is 0 Å². The van der Waals surface area contributed by atoms with Gasteiger partial charge in [0.25, 0.3) is 6.43 Å². The Hall–Kier alpha value is -1.55. The molecule has 0 fully saturated rings. The number of nitrogens with zero attached hydrogens (tertiary/aromatic N) is 2. The van der Waals surface area contributed by atoms with Crippen molar-refractivity contribution in [2.24, 2.45) is 0 Å². The third-order valence-corrected chi connectivity index (χ3v) is 2.23. The molecule has 0 saturated carbocycles. The van der Waals surface area contributed by atoms with E-state index in [9.17, 15) is 8.78 Å². The second kappa shape index (κ2) is 4.53. The number of halogens is 3. The lowest BCUT2D eigenvalue weighted by Crippen LogP contribution is -1.90. The highest BCUT2D eigenvalue weighted by molar-refractivity contribution is 6.29. The molecule has 0 bridgehead atoms. The monoisotopic (exact) mass is 240 g/mol. The highest BCUT2D eigenvalue weighted by atomic mass is 35.5. The summed E-state index contributed by atoms with van der Waals surface area (Å²) in [5.74, 6) is 0.343. The minimum absolute atomic E-state index is 0.0546. The molecule has 0 aliphatic carbocycles. The Kier molecular flexibility index (Phi) is 3.10. The first-order valence-electron chi connectivity index (χ1n) is 4.54. The molecule has 2 nitrogen and oxygen atoms in total. The van der Waals surface area contributed by atoms with E-state index in [1.165, 1.54) is 24.4 Å². The number of rotatable bonds is 2. The number of hydrogen-bond acceptors (Lipinski definition) is 2. The van der Waals surface area contributed by atoms with Crippen LogP contribution in [0.3, 0.4) is 0 Å². The fourth-order valence-electron chi connectivity index (χ4n) is 1.29. The normalized spacial score (nSPS) is 10.8. The number of alkyl halides is 2. The van der Waals surface area contributed by atoms with Crippen molar-refractivity contribution in [1.82, 2.24) is 9.97 Å². The van der Waals surface area contributed by atoms with E-state index in [-0.39, 0.29) is 10.7 Å². The summed E-state index contributed by atoms with van der Waals surface area (Å²) in [6, 6.07) is 7.45. The zero-order valence-corrected chi connectivity index (χ0v) is 8.83. The van der Waals surface area contributed by atoms with E-state index in [4.69, 9.17) is 11.6 Å². The summed E-state index contributed by atoms with van der Waals surface area (Å²) in [6.07, 6.45) is -1.01. The Morgan fingerprint density at radius 2 is 2.00 bits per heavy atom. The molecule has 2 aromatic rings. The molecule has 16 heavy (non-hydrogen) atoms. The van der Waals surface area contributed by atoms with E-state index in [1.54, 1.807) is 12.1 Å². The topological polar surface area (TPSA) is 25.8 Å². The lowest BCUT2D eigenvalue weighted by Gasteiger charge is -2.03. The van der Waals surface area contributed by atoms with E-state index in [1.807, 2.05) is 0 Å². The van der Waals surface area contributed by atoms with Gasteiger partial charge in [-0.25, -0.2) is 18.7 Å². The maximum absolute atomic E-state index is 12.5. The van der Waals surface area contributed by atoms with Crippen molar-refractivity contribution in [3.63, 3.8) is 0 Å². The van der Waals surface area contributed by atoms with Crippen LogP contribution in [0.5, 0.6) is 0 Å². The smallest absolute Gasteiger partial charge is 0.236 e. The fourth-order valence-corrected chi connectivity index (χ4v) is 1.43. The molecular formula is C11H7ClF2N2. The molecule has 0 radical (unpaired) electrons. The predicted octanol–water partition coefficient (Wildman–Crippen LogP) is 3.73. The zero-order valence-electron chi connectivity index (χ0n) is 8.07. The Morgan fingerprint density at radius 1 is 1.19 bits per heavy atom. The molecule has 0 saturated heterocycles. The molecule has 0 aliphatic rings. The van der Waals surface area contributed by atoms with Crippen LogP contribution in [0.25, 0.3) is 11.4 Å². The molecule has 5 heteroatoms. The highest BCUT2D eigenvalue weighted by Crippen LogP contribution is 2.23. The van der Waals surface area contributed by atoms with Gasteiger partial charge in [-0.1, -0.05) is 29.8 Å². The van der Waals surface area contributed by atoms with Crippen molar-refractivity contribution in [3.05, 3.63) is 47.2 Å². The zero-order chi connectivity index (χ0) is 11.5. The van der Waals surface area contributed by atoms with Gasteiger partial charge in [0.1, 0.15) is 5.15 Å². The van der Waals surface area contributed by atoms with Gasteiger partial charge in [0.15, 0.2) is 5.82 Å². The van der Waals surface area contributed by atoms with Crippen LogP contribution in [0.1, 0.15) is 12.0 Å². The van der Waals surface area contributed by atoms with Crippen LogP contribution in [0.4, 0.5) is 8.78 Å². The van der Waals surface area contributed by atoms with Gasteiger partial charge < -0.3 is 0 Å². The molecule has 0 unspecified atom stereocenters. The van der Waals surface area contributed by atoms with Crippen molar-refractivity contribution in [2.45, 2.75) is 6.43 Å². The average Bonchev–Trinajstić information content (AvgIpc) is 2.29. The number of aromatic nitrogens is 2. The molecule has 1 aromatic carbocycles. The van der Waals surface area contributed by atoms with Crippen LogP contribution in [0.2, 0.25) is 5.15 Å². The molecule has 0 aliphatic heterocycles. The van der Waals surface area contributed by atoms with Crippen LogP contribution in [0.15, 0.2) is 36.5 Å². The number of benzene rings is 1. The second-order valence-electron chi connectivity index (χ2n) is 3.13. The summed E-state index contributed by atoms with van der Waals surface area (Å²) in [7, 11) is 0. The first-order chi connectivity index (χ1) is 7.66. The highest BCUT2D eigenvalue weighted by Gasteiger charge is 2.09. The van der Waals surface area contributed by atoms with Gasteiger partial charge in [-0.2, -0.15) is 0 Å².